The molecule has 5 nitrogen and oxygen atoms in total. The third-order valence-electron chi connectivity index (χ3n) is 3.32. The molecule has 0 aliphatic rings. The van der Waals surface area contributed by atoms with Crippen LogP contribution in [0.2, 0.25) is 0 Å². The molecule has 1 amide bonds. The van der Waals surface area contributed by atoms with Crippen LogP contribution in [0.5, 0.6) is 0 Å². The van der Waals surface area contributed by atoms with Crippen molar-refractivity contribution in [3.8, 4) is 0 Å². The van der Waals surface area contributed by atoms with E-state index in [2.05, 4.69) is 37.2 Å². The highest BCUT2D eigenvalue weighted by molar-refractivity contribution is 5.64. The van der Waals surface area contributed by atoms with Gasteiger partial charge in [0.05, 0.1) is 12.9 Å². The smallest absolute Gasteiger partial charge is 0.404 e. The zero-order valence-electron chi connectivity index (χ0n) is 12.3. The van der Waals surface area contributed by atoms with Gasteiger partial charge in [0.2, 0.25) is 0 Å². The number of primary amides is 1. The molecule has 0 saturated heterocycles. The molecule has 19 heavy (non-hydrogen) atoms. The Morgan fingerprint density at radius 1 is 1.47 bits per heavy atom. The lowest BCUT2D eigenvalue weighted by atomic mass is 9.78. The molecule has 108 valence electrons. The molecule has 2 N–H and O–H groups in total. The standard InChI is InChI=1S/C14H25N3O2/c1-11(6-5-9-19-13(15)18)12(14(2,3)4)17-8-7-16-10-17/h7-8,10-12H,5-6,9H2,1-4H3,(H2,15,18). The Bertz CT molecular complexity index is 382. The summed E-state index contributed by atoms with van der Waals surface area (Å²) >= 11 is 0. The van der Waals surface area contributed by atoms with Gasteiger partial charge in [-0.05, 0) is 24.2 Å². The number of carbonyl (C=O) groups is 1. The summed E-state index contributed by atoms with van der Waals surface area (Å²) in [4.78, 5) is 14.6. The van der Waals surface area contributed by atoms with Gasteiger partial charge in [-0.15, -0.1) is 0 Å². The van der Waals surface area contributed by atoms with Crippen molar-refractivity contribution in [2.75, 3.05) is 6.61 Å². The zero-order chi connectivity index (χ0) is 14.5. The van der Waals surface area contributed by atoms with Crippen molar-refractivity contribution in [3.63, 3.8) is 0 Å². The van der Waals surface area contributed by atoms with E-state index in [9.17, 15) is 4.79 Å². The SMILES string of the molecule is CC(CCCOC(N)=O)C(n1ccnc1)C(C)(C)C. The second kappa shape index (κ2) is 6.59. The van der Waals surface area contributed by atoms with Crippen molar-refractivity contribution in [1.29, 1.82) is 0 Å². The van der Waals surface area contributed by atoms with Crippen molar-refractivity contribution >= 4 is 6.09 Å². The van der Waals surface area contributed by atoms with Crippen LogP contribution in [0.4, 0.5) is 4.79 Å². The average molecular weight is 267 g/mol. The van der Waals surface area contributed by atoms with Gasteiger partial charge in [0, 0.05) is 18.4 Å². The lowest BCUT2D eigenvalue weighted by Crippen LogP contribution is -2.29. The Hall–Kier alpha value is -1.52. The molecular weight excluding hydrogens is 242 g/mol. The van der Waals surface area contributed by atoms with Gasteiger partial charge in [0.25, 0.3) is 0 Å². The van der Waals surface area contributed by atoms with Crippen molar-refractivity contribution in [2.45, 2.75) is 46.6 Å². The molecule has 0 aliphatic carbocycles. The molecule has 0 spiro atoms. The monoisotopic (exact) mass is 267 g/mol. The van der Waals surface area contributed by atoms with Crippen molar-refractivity contribution < 1.29 is 9.53 Å². The van der Waals surface area contributed by atoms with E-state index in [0.717, 1.165) is 12.8 Å². The maximum atomic E-state index is 10.5. The van der Waals surface area contributed by atoms with Gasteiger partial charge in [0.1, 0.15) is 0 Å². The third-order valence-corrected chi connectivity index (χ3v) is 3.32. The van der Waals surface area contributed by atoms with Crippen LogP contribution in [-0.2, 0) is 4.74 Å². The highest BCUT2D eigenvalue weighted by Gasteiger charge is 2.30. The van der Waals surface area contributed by atoms with Crippen LogP contribution in [0.1, 0.15) is 46.6 Å². The topological polar surface area (TPSA) is 70.1 Å². The fourth-order valence-electron chi connectivity index (χ4n) is 2.76. The van der Waals surface area contributed by atoms with Crippen molar-refractivity contribution in [2.24, 2.45) is 17.1 Å². The number of rotatable bonds is 6. The number of imidazole rings is 1. The Balaban J connectivity index is 2.59. The van der Waals surface area contributed by atoms with E-state index >= 15 is 0 Å². The Morgan fingerprint density at radius 3 is 2.63 bits per heavy atom. The summed E-state index contributed by atoms with van der Waals surface area (Å²) in [5, 5.41) is 0. The molecule has 0 aromatic carbocycles. The van der Waals surface area contributed by atoms with Gasteiger partial charge in [0.15, 0.2) is 0 Å². The minimum Gasteiger partial charge on any atom is -0.450 e. The van der Waals surface area contributed by atoms with E-state index in [1.165, 1.54) is 0 Å². The summed E-state index contributed by atoms with van der Waals surface area (Å²) in [6.07, 6.45) is 6.79. The predicted molar refractivity (Wildman–Crippen MR) is 74.7 cm³/mol. The number of carbonyl (C=O) groups excluding carboxylic acids is 1. The average Bonchev–Trinajstić information content (AvgIpc) is 2.75. The largest absolute Gasteiger partial charge is 0.450 e. The maximum absolute atomic E-state index is 10.5. The van der Waals surface area contributed by atoms with E-state index in [1.54, 1.807) is 0 Å². The summed E-state index contributed by atoms with van der Waals surface area (Å²) < 4.78 is 6.93. The van der Waals surface area contributed by atoms with Crippen LogP contribution in [0.3, 0.4) is 0 Å². The normalized spacial score (nSPS) is 14.9. The number of amides is 1. The first-order valence-electron chi connectivity index (χ1n) is 6.72. The molecule has 0 radical (unpaired) electrons. The minimum absolute atomic E-state index is 0.144. The molecular formula is C14H25N3O2. The van der Waals surface area contributed by atoms with Crippen LogP contribution in [0.15, 0.2) is 18.7 Å². The van der Waals surface area contributed by atoms with E-state index in [0.29, 0.717) is 18.6 Å². The fraction of sp³-hybridized carbons (Fsp3) is 0.714. The molecule has 0 aliphatic heterocycles. The van der Waals surface area contributed by atoms with E-state index in [1.807, 2.05) is 18.7 Å². The first-order chi connectivity index (χ1) is 8.82. The maximum Gasteiger partial charge on any atom is 0.404 e. The number of nitrogens with zero attached hydrogens (tertiary/aromatic N) is 2. The first kappa shape index (κ1) is 15.5. The quantitative estimate of drug-likeness (QED) is 0.805. The van der Waals surface area contributed by atoms with E-state index in [-0.39, 0.29) is 5.41 Å². The van der Waals surface area contributed by atoms with Crippen LogP contribution in [-0.4, -0.2) is 22.3 Å². The third kappa shape index (κ3) is 4.93. The summed E-state index contributed by atoms with van der Waals surface area (Å²) in [5.74, 6) is 0.464. The van der Waals surface area contributed by atoms with Gasteiger partial charge in [-0.25, -0.2) is 9.78 Å². The Morgan fingerprint density at radius 2 is 2.16 bits per heavy atom. The Kier molecular flexibility index (Phi) is 5.39. The Labute approximate surface area is 115 Å². The van der Waals surface area contributed by atoms with Crippen molar-refractivity contribution in [3.05, 3.63) is 18.7 Å². The van der Waals surface area contributed by atoms with Gasteiger partial charge >= 0.3 is 6.09 Å². The summed E-state index contributed by atoms with van der Waals surface area (Å²) in [6, 6.07) is 0.364. The number of hydrogen-bond acceptors (Lipinski definition) is 3. The fourth-order valence-corrected chi connectivity index (χ4v) is 2.76. The molecule has 0 fully saturated rings. The van der Waals surface area contributed by atoms with Crippen LogP contribution >= 0.6 is 0 Å². The summed E-state index contributed by atoms with van der Waals surface area (Å²) in [7, 11) is 0. The van der Waals surface area contributed by atoms with E-state index in [4.69, 9.17) is 10.5 Å². The minimum atomic E-state index is -0.699. The predicted octanol–water partition coefficient (Wildman–Crippen LogP) is 2.98. The zero-order valence-corrected chi connectivity index (χ0v) is 12.3. The summed E-state index contributed by atoms with van der Waals surface area (Å²) in [5.41, 5.74) is 5.09. The molecule has 0 bridgehead atoms. The lowest BCUT2D eigenvalue weighted by molar-refractivity contribution is 0.137. The second-order valence-electron chi connectivity index (χ2n) is 6.11. The van der Waals surface area contributed by atoms with Gasteiger partial charge in [-0.1, -0.05) is 27.7 Å². The molecule has 5 heteroatoms. The van der Waals surface area contributed by atoms with Crippen LogP contribution < -0.4 is 5.73 Å². The number of ether oxygens (including phenoxy) is 1. The highest BCUT2D eigenvalue weighted by atomic mass is 16.5. The summed E-state index contributed by atoms with van der Waals surface area (Å²) in [6.45, 7) is 9.30. The second-order valence-corrected chi connectivity index (χ2v) is 6.11. The number of hydrogen-bond donors (Lipinski definition) is 1. The molecule has 1 aromatic heterocycles. The molecule has 0 saturated carbocycles. The van der Waals surface area contributed by atoms with E-state index < -0.39 is 6.09 Å². The first-order valence-corrected chi connectivity index (χ1v) is 6.72. The van der Waals surface area contributed by atoms with Gasteiger partial charge in [-0.3, -0.25) is 0 Å². The van der Waals surface area contributed by atoms with Gasteiger partial charge in [-0.2, -0.15) is 0 Å². The van der Waals surface area contributed by atoms with Crippen LogP contribution in [0, 0.1) is 11.3 Å². The lowest BCUT2D eigenvalue weighted by Gasteiger charge is -2.36. The molecule has 1 heterocycles. The van der Waals surface area contributed by atoms with Gasteiger partial charge < -0.3 is 15.0 Å². The molecule has 2 unspecified atom stereocenters. The van der Waals surface area contributed by atoms with Crippen molar-refractivity contribution in [1.82, 2.24) is 9.55 Å². The molecule has 1 aromatic rings. The van der Waals surface area contributed by atoms with Crippen LogP contribution in [0.25, 0.3) is 0 Å². The highest BCUT2D eigenvalue weighted by Crippen LogP contribution is 2.38. The number of nitrogens with two attached hydrogens (primary N) is 1. The molecule has 2 atom stereocenters. The molecule has 1 rings (SSSR count). The number of aromatic nitrogens is 2.